The van der Waals surface area contributed by atoms with Crippen LogP contribution in [-0.2, 0) is 16.2 Å². The van der Waals surface area contributed by atoms with Gasteiger partial charge in [-0.25, -0.2) is 0 Å². The maximum atomic E-state index is 12.3. The SMILES string of the molecule is CCC1=NO[C@H](C(=O)NCc2ccc(C(=O)N3CCCC3)cc2)C1. The molecule has 0 spiro atoms. The highest BCUT2D eigenvalue weighted by Gasteiger charge is 2.26. The standard InChI is InChI=1S/C18H23N3O3/c1-2-15-11-16(24-20-15)17(22)19-12-13-5-7-14(8-6-13)18(23)21-9-3-4-10-21/h5-8,16H,2-4,9-12H2,1H3,(H,19,22)/t16-/m0/s1. The Morgan fingerprint density at radius 2 is 1.96 bits per heavy atom. The maximum absolute atomic E-state index is 12.3. The number of benzene rings is 1. The predicted octanol–water partition coefficient (Wildman–Crippen LogP) is 2.09. The van der Waals surface area contributed by atoms with Crippen LogP contribution in [-0.4, -0.2) is 41.6 Å². The Morgan fingerprint density at radius 1 is 1.25 bits per heavy atom. The second kappa shape index (κ2) is 7.47. The van der Waals surface area contributed by atoms with Gasteiger partial charge in [0.15, 0.2) is 0 Å². The first-order chi connectivity index (χ1) is 11.7. The summed E-state index contributed by atoms with van der Waals surface area (Å²) in [5.41, 5.74) is 2.57. The number of hydrogen-bond acceptors (Lipinski definition) is 4. The van der Waals surface area contributed by atoms with E-state index in [0.29, 0.717) is 18.5 Å². The van der Waals surface area contributed by atoms with Gasteiger partial charge in [0.2, 0.25) is 6.10 Å². The fourth-order valence-corrected chi connectivity index (χ4v) is 2.95. The van der Waals surface area contributed by atoms with E-state index in [1.807, 2.05) is 36.1 Å². The molecule has 24 heavy (non-hydrogen) atoms. The van der Waals surface area contributed by atoms with Gasteiger partial charge in [-0.2, -0.15) is 0 Å². The molecule has 2 aliphatic rings. The average Bonchev–Trinajstić information content (AvgIpc) is 3.30. The van der Waals surface area contributed by atoms with Crippen LogP contribution >= 0.6 is 0 Å². The highest BCUT2D eigenvalue weighted by molar-refractivity contribution is 5.94. The lowest BCUT2D eigenvalue weighted by Gasteiger charge is -2.15. The van der Waals surface area contributed by atoms with Gasteiger partial charge < -0.3 is 15.1 Å². The number of carbonyl (C=O) groups is 2. The molecule has 1 aromatic rings. The molecule has 3 rings (SSSR count). The van der Waals surface area contributed by atoms with E-state index in [4.69, 9.17) is 4.84 Å². The molecule has 2 amide bonds. The van der Waals surface area contributed by atoms with E-state index in [1.165, 1.54) is 0 Å². The summed E-state index contributed by atoms with van der Waals surface area (Å²) in [4.78, 5) is 31.4. The van der Waals surface area contributed by atoms with Crippen LogP contribution in [0.25, 0.3) is 0 Å². The molecule has 1 saturated heterocycles. The molecule has 0 bridgehead atoms. The van der Waals surface area contributed by atoms with Crippen LogP contribution in [0.1, 0.15) is 48.5 Å². The van der Waals surface area contributed by atoms with Crippen LogP contribution in [0.2, 0.25) is 0 Å². The lowest BCUT2D eigenvalue weighted by atomic mass is 10.1. The number of amides is 2. The van der Waals surface area contributed by atoms with Crippen LogP contribution < -0.4 is 5.32 Å². The molecule has 0 aromatic heterocycles. The molecule has 128 valence electrons. The summed E-state index contributed by atoms with van der Waals surface area (Å²) in [6.07, 6.45) is 3.02. The highest BCUT2D eigenvalue weighted by Crippen LogP contribution is 2.15. The second-order valence-electron chi connectivity index (χ2n) is 6.22. The molecule has 1 aromatic carbocycles. The molecule has 6 heteroatoms. The smallest absolute Gasteiger partial charge is 0.264 e. The fraction of sp³-hybridized carbons (Fsp3) is 0.500. The molecule has 6 nitrogen and oxygen atoms in total. The molecule has 1 atom stereocenters. The first-order valence-electron chi connectivity index (χ1n) is 8.55. The average molecular weight is 329 g/mol. The second-order valence-corrected chi connectivity index (χ2v) is 6.22. The third kappa shape index (κ3) is 3.75. The maximum Gasteiger partial charge on any atom is 0.264 e. The number of likely N-dealkylation sites (tertiary alicyclic amines) is 1. The van der Waals surface area contributed by atoms with Crippen molar-refractivity contribution >= 4 is 17.5 Å². The van der Waals surface area contributed by atoms with Crippen LogP contribution in [0.15, 0.2) is 29.4 Å². The molecule has 2 heterocycles. The third-order valence-electron chi connectivity index (χ3n) is 4.49. The molecule has 2 aliphatic heterocycles. The molecule has 0 radical (unpaired) electrons. The van der Waals surface area contributed by atoms with Crippen LogP contribution in [0.3, 0.4) is 0 Å². The van der Waals surface area contributed by atoms with E-state index in [0.717, 1.165) is 43.6 Å². The zero-order chi connectivity index (χ0) is 16.9. The summed E-state index contributed by atoms with van der Waals surface area (Å²) in [5, 5.41) is 6.75. The Balaban J connectivity index is 1.49. The third-order valence-corrected chi connectivity index (χ3v) is 4.49. The van der Waals surface area contributed by atoms with Crippen molar-refractivity contribution in [1.82, 2.24) is 10.2 Å². The summed E-state index contributed by atoms with van der Waals surface area (Å²) in [7, 11) is 0. The quantitative estimate of drug-likeness (QED) is 0.899. The van der Waals surface area contributed by atoms with E-state index in [1.54, 1.807) is 0 Å². The van der Waals surface area contributed by atoms with Crippen molar-refractivity contribution in [3.8, 4) is 0 Å². The number of nitrogens with one attached hydrogen (secondary N) is 1. The Kier molecular flexibility index (Phi) is 5.13. The van der Waals surface area contributed by atoms with E-state index in [-0.39, 0.29) is 11.8 Å². The van der Waals surface area contributed by atoms with Gasteiger partial charge in [-0.05, 0) is 37.0 Å². The van der Waals surface area contributed by atoms with Gasteiger partial charge in [0.05, 0.1) is 5.71 Å². The van der Waals surface area contributed by atoms with Crippen LogP contribution in [0, 0.1) is 0 Å². The normalized spacial score (nSPS) is 19.8. The Bertz CT molecular complexity index is 633. The Labute approximate surface area is 141 Å². The van der Waals surface area contributed by atoms with Crippen molar-refractivity contribution in [2.75, 3.05) is 13.1 Å². The fourth-order valence-electron chi connectivity index (χ4n) is 2.95. The van der Waals surface area contributed by atoms with Gasteiger partial charge in [-0.15, -0.1) is 0 Å². The van der Waals surface area contributed by atoms with Gasteiger partial charge in [0, 0.05) is 31.6 Å². The van der Waals surface area contributed by atoms with Crippen molar-refractivity contribution < 1.29 is 14.4 Å². The summed E-state index contributed by atoms with van der Waals surface area (Å²) in [6, 6.07) is 7.42. The molecular weight excluding hydrogens is 306 g/mol. The Morgan fingerprint density at radius 3 is 2.58 bits per heavy atom. The highest BCUT2D eigenvalue weighted by atomic mass is 16.6. The van der Waals surface area contributed by atoms with E-state index < -0.39 is 6.10 Å². The van der Waals surface area contributed by atoms with Crippen molar-refractivity contribution in [3.05, 3.63) is 35.4 Å². The number of carbonyl (C=O) groups excluding carboxylic acids is 2. The topological polar surface area (TPSA) is 71.0 Å². The van der Waals surface area contributed by atoms with Crippen molar-refractivity contribution in [1.29, 1.82) is 0 Å². The van der Waals surface area contributed by atoms with Crippen molar-refractivity contribution in [3.63, 3.8) is 0 Å². The summed E-state index contributed by atoms with van der Waals surface area (Å²) < 4.78 is 0. The summed E-state index contributed by atoms with van der Waals surface area (Å²) in [5.74, 6) is -0.0638. The lowest BCUT2D eigenvalue weighted by Crippen LogP contribution is -2.34. The summed E-state index contributed by atoms with van der Waals surface area (Å²) >= 11 is 0. The van der Waals surface area contributed by atoms with Gasteiger partial charge >= 0.3 is 0 Å². The zero-order valence-corrected chi connectivity index (χ0v) is 14.0. The first kappa shape index (κ1) is 16.5. The van der Waals surface area contributed by atoms with Gasteiger partial charge in [-0.1, -0.05) is 24.2 Å². The Hall–Kier alpha value is -2.37. The van der Waals surface area contributed by atoms with E-state index in [9.17, 15) is 9.59 Å². The van der Waals surface area contributed by atoms with E-state index in [2.05, 4.69) is 10.5 Å². The summed E-state index contributed by atoms with van der Waals surface area (Å²) in [6.45, 7) is 4.10. The monoisotopic (exact) mass is 329 g/mol. The minimum absolute atomic E-state index is 0.0895. The van der Waals surface area contributed by atoms with Crippen LogP contribution in [0.4, 0.5) is 0 Å². The number of oxime groups is 1. The molecule has 0 unspecified atom stereocenters. The minimum Gasteiger partial charge on any atom is -0.382 e. The number of hydrogen-bond donors (Lipinski definition) is 1. The molecule has 0 saturated carbocycles. The van der Waals surface area contributed by atoms with Crippen molar-refractivity contribution in [2.45, 2.75) is 45.3 Å². The van der Waals surface area contributed by atoms with E-state index >= 15 is 0 Å². The number of rotatable bonds is 5. The molecule has 1 fully saturated rings. The van der Waals surface area contributed by atoms with Gasteiger partial charge in [0.1, 0.15) is 0 Å². The molecular formula is C18H23N3O3. The van der Waals surface area contributed by atoms with Crippen molar-refractivity contribution in [2.24, 2.45) is 5.16 Å². The molecule has 0 aliphatic carbocycles. The largest absolute Gasteiger partial charge is 0.382 e. The minimum atomic E-state index is -0.518. The van der Waals surface area contributed by atoms with Gasteiger partial charge in [0.25, 0.3) is 11.8 Å². The van der Waals surface area contributed by atoms with Crippen LogP contribution in [0.5, 0.6) is 0 Å². The first-order valence-corrected chi connectivity index (χ1v) is 8.55. The predicted molar refractivity (Wildman–Crippen MR) is 90.6 cm³/mol. The lowest BCUT2D eigenvalue weighted by molar-refractivity contribution is -0.131. The zero-order valence-electron chi connectivity index (χ0n) is 14.0. The number of nitrogens with zero attached hydrogens (tertiary/aromatic N) is 2. The molecule has 1 N–H and O–H groups in total. The van der Waals surface area contributed by atoms with Gasteiger partial charge in [-0.3, -0.25) is 9.59 Å².